The standard InChI is InChI=1S/C17H18ClN5O2/c1-23(15-9-12(11-24)8-14(18)10-15)6-7-25-16-4-2-13(3-5-16)17-19-21-22-20-17/h2-5,8-10,24H,6-7,11H2,1H3,(H,19,20,21,22). The van der Waals surface area contributed by atoms with E-state index >= 15 is 0 Å². The Balaban J connectivity index is 1.55. The highest BCUT2D eigenvalue weighted by Crippen LogP contribution is 2.22. The van der Waals surface area contributed by atoms with Crippen molar-refractivity contribution in [3.8, 4) is 17.1 Å². The van der Waals surface area contributed by atoms with Gasteiger partial charge in [0.25, 0.3) is 0 Å². The average molecular weight is 360 g/mol. The van der Waals surface area contributed by atoms with Crippen molar-refractivity contribution in [2.24, 2.45) is 0 Å². The summed E-state index contributed by atoms with van der Waals surface area (Å²) in [6.07, 6.45) is 0. The van der Waals surface area contributed by atoms with Crippen molar-refractivity contribution in [3.63, 3.8) is 0 Å². The monoisotopic (exact) mass is 359 g/mol. The van der Waals surface area contributed by atoms with Crippen LogP contribution in [0.3, 0.4) is 0 Å². The summed E-state index contributed by atoms with van der Waals surface area (Å²) in [5.41, 5.74) is 2.59. The molecule has 3 aromatic rings. The van der Waals surface area contributed by atoms with Crippen LogP contribution in [0, 0.1) is 0 Å². The van der Waals surface area contributed by atoms with E-state index in [1.54, 1.807) is 6.07 Å². The highest BCUT2D eigenvalue weighted by Gasteiger charge is 2.06. The van der Waals surface area contributed by atoms with E-state index in [-0.39, 0.29) is 6.61 Å². The molecule has 0 aliphatic carbocycles. The number of tetrazole rings is 1. The van der Waals surface area contributed by atoms with Gasteiger partial charge in [0.15, 0.2) is 0 Å². The summed E-state index contributed by atoms with van der Waals surface area (Å²) < 4.78 is 5.77. The quantitative estimate of drug-likeness (QED) is 0.674. The number of anilines is 1. The molecule has 0 radical (unpaired) electrons. The number of nitrogens with one attached hydrogen (secondary N) is 1. The number of aliphatic hydroxyl groups excluding tert-OH is 1. The van der Waals surface area contributed by atoms with Gasteiger partial charge in [-0.15, -0.1) is 10.2 Å². The number of aliphatic hydroxyl groups is 1. The predicted octanol–water partition coefficient (Wildman–Crippen LogP) is 2.53. The number of likely N-dealkylation sites (N-methyl/N-ethyl adjacent to an activating group) is 1. The van der Waals surface area contributed by atoms with Crippen LogP contribution in [0.25, 0.3) is 11.4 Å². The van der Waals surface area contributed by atoms with Crippen LogP contribution in [0.15, 0.2) is 42.5 Å². The molecule has 2 N–H and O–H groups in total. The van der Waals surface area contributed by atoms with E-state index in [4.69, 9.17) is 16.3 Å². The number of rotatable bonds is 7. The molecule has 1 heterocycles. The Kier molecular flexibility index (Phi) is 5.47. The summed E-state index contributed by atoms with van der Waals surface area (Å²) in [5, 5.41) is 23.7. The third-order valence-corrected chi connectivity index (χ3v) is 3.94. The zero-order valence-electron chi connectivity index (χ0n) is 13.7. The molecule has 130 valence electrons. The van der Waals surface area contributed by atoms with Crippen LogP contribution in [0.4, 0.5) is 5.69 Å². The Morgan fingerprint density at radius 3 is 2.68 bits per heavy atom. The predicted molar refractivity (Wildman–Crippen MR) is 95.8 cm³/mol. The average Bonchev–Trinajstić information content (AvgIpc) is 3.16. The topological polar surface area (TPSA) is 87.2 Å². The van der Waals surface area contributed by atoms with Gasteiger partial charge in [0, 0.05) is 23.3 Å². The summed E-state index contributed by atoms with van der Waals surface area (Å²) in [6.45, 7) is 1.15. The molecular formula is C17H18ClN5O2. The van der Waals surface area contributed by atoms with Crippen LogP contribution in [0.1, 0.15) is 5.56 Å². The Morgan fingerprint density at radius 2 is 2.00 bits per heavy atom. The van der Waals surface area contributed by atoms with Gasteiger partial charge in [-0.05, 0) is 53.2 Å². The van der Waals surface area contributed by atoms with E-state index in [0.29, 0.717) is 24.0 Å². The fraction of sp³-hybridized carbons (Fsp3) is 0.235. The molecule has 0 spiro atoms. The van der Waals surface area contributed by atoms with Crippen LogP contribution in [-0.2, 0) is 6.61 Å². The molecule has 25 heavy (non-hydrogen) atoms. The maximum absolute atomic E-state index is 9.27. The van der Waals surface area contributed by atoms with E-state index in [0.717, 1.165) is 22.6 Å². The Hall–Kier alpha value is -2.64. The molecule has 8 heteroatoms. The minimum atomic E-state index is -0.0371. The molecule has 2 aromatic carbocycles. The van der Waals surface area contributed by atoms with Crippen LogP contribution in [0.2, 0.25) is 5.02 Å². The van der Waals surface area contributed by atoms with E-state index in [1.165, 1.54) is 0 Å². The second kappa shape index (κ2) is 7.96. The first-order valence-corrected chi connectivity index (χ1v) is 8.11. The molecule has 0 aliphatic rings. The van der Waals surface area contributed by atoms with Gasteiger partial charge in [0.2, 0.25) is 5.82 Å². The lowest BCUT2D eigenvalue weighted by molar-refractivity contribution is 0.282. The van der Waals surface area contributed by atoms with Crippen molar-refractivity contribution in [2.75, 3.05) is 25.1 Å². The molecule has 7 nitrogen and oxygen atoms in total. The fourth-order valence-electron chi connectivity index (χ4n) is 2.36. The lowest BCUT2D eigenvalue weighted by Crippen LogP contribution is -2.23. The van der Waals surface area contributed by atoms with Gasteiger partial charge in [-0.25, -0.2) is 0 Å². The number of hydrogen-bond donors (Lipinski definition) is 2. The number of ether oxygens (including phenoxy) is 1. The van der Waals surface area contributed by atoms with Gasteiger partial charge >= 0.3 is 0 Å². The van der Waals surface area contributed by atoms with Crippen molar-refractivity contribution in [1.82, 2.24) is 20.6 Å². The summed E-state index contributed by atoms with van der Waals surface area (Å²) in [4.78, 5) is 2.03. The molecule has 3 rings (SSSR count). The second-order valence-electron chi connectivity index (χ2n) is 5.51. The lowest BCUT2D eigenvalue weighted by Gasteiger charge is -2.20. The highest BCUT2D eigenvalue weighted by molar-refractivity contribution is 6.30. The number of benzene rings is 2. The van der Waals surface area contributed by atoms with E-state index in [9.17, 15) is 5.11 Å². The largest absolute Gasteiger partial charge is 0.492 e. The van der Waals surface area contributed by atoms with Crippen molar-refractivity contribution in [3.05, 3.63) is 53.1 Å². The number of hydrogen-bond acceptors (Lipinski definition) is 6. The van der Waals surface area contributed by atoms with Gasteiger partial charge < -0.3 is 14.7 Å². The molecule has 0 aliphatic heterocycles. The summed E-state index contributed by atoms with van der Waals surface area (Å²) in [5.74, 6) is 1.31. The van der Waals surface area contributed by atoms with Gasteiger partial charge in [0.1, 0.15) is 12.4 Å². The SMILES string of the molecule is CN(CCOc1ccc(-c2nn[nH]n2)cc1)c1cc(Cl)cc(CO)c1. The van der Waals surface area contributed by atoms with Crippen LogP contribution in [0.5, 0.6) is 5.75 Å². The minimum Gasteiger partial charge on any atom is -0.492 e. The molecule has 0 saturated heterocycles. The number of nitrogens with zero attached hydrogens (tertiary/aromatic N) is 4. The molecule has 0 fully saturated rings. The smallest absolute Gasteiger partial charge is 0.204 e. The number of H-pyrrole nitrogens is 1. The van der Waals surface area contributed by atoms with Gasteiger partial charge in [0.05, 0.1) is 13.2 Å². The zero-order valence-corrected chi connectivity index (χ0v) is 14.4. The molecule has 0 bridgehead atoms. The maximum Gasteiger partial charge on any atom is 0.204 e. The van der Waals surface area contributed by atoms with Gasteiger partial charge in [-0.2, -0.15) is 5.21 Å². The van der Waals surface area contributed by atoms with Crippen LogP contribution < -0.4 is 9.64 Å². The first-order valence-electron chi connectivity index (χ1n) is 7.74. The summed E-state index contributed by atoms with van der Waals surface area (Å²) in [6, 6.07) is 13.0. The van der Waals surface area contributed by atoms with Crippen molar-refractivity contribution >= 4 is 17.3 Å². The fourth-order valence-corrected chi connectivity index (χ4v) is 2.61. The Bertz CT molecular complexity index is 808. The van der Waals surface area contributed by atoms with E-state index in [1.807, 2.05) is 48.3 Å². The molecule has 0 unspecified atom stereocenters. The first-order chi connectivity index (χ1) is 12.2. The van der Waals surface area contributed by atoms with E-state index < -0.39 is 0 Å². The lowest BCUT2D eigenvalue weighted by atomic mass is 10.2. The zero-order chi connectivity index (χ0) is 17.6. The number of aromatic nitrogens is 4. The van der Waals surface area contributed by atoms with Gasteiger partial charge in [-0.3, -0.25) is 0 Å². The van der Waals surface area contributed by atoms with Crippen LogP contribution >= 0.6 is 11.6 Å². The second-order valence-corrected chi connectivity index (χ2v) is 5.94. The van der Waals surface area contributed by atoms with Crippen molar-refractivity contribution in [2.45, 2.75) is 6.61 Å². The van der Waals surface area contributed by atoms with Gasteiger partial charge in [-0.1, -0.05) is 11.6 Å². The molecule has 0 amide bonds. The number of halogens is 1. The molecule has 1 aromatic heterocycles. The van der Waals surface area contributed by atoms with Crippen LogP contribution in [-0.4, -0.2) is 45.9 Å². The molecule has 0 atom stereocenters. The third kappa shape index (κ3) is 4.46. The highest BCUT2D eigenvalue weighted by atomic mass is 35.5. The number of aromatic amines is 1. The molecular weight excluding hydrogens is 342 g/mol. The summed E-state index contributed by atoms with van der Waals surface area (Å²) in [7, 11) is 1.95. The first kappa shape index (κ1) is 17.2. The summed E-state index contributed by atoms with van der Waals surface area (Å²) >= 11 is 6.07. The minimum absolute atomic E-state index is 0.0371. The van der Waals surface area contributed by atoms with Crippen molar-refractivity contribution in [1.29, 1.82) is 0 Å². The van der Waals surface area contributed by atoms with Crippen molar-refractivity contribution < 1.29 is 9.84 Å². The Labute approximate surface area is 150 Å². The maximum atomic E-state index is 9.27. The third-order valence-electron chi connectivity index (χ3n) is 3.72. The normalized spacial score (nSPS) is 10.7. The molecule has 0 saturated carbocycles. The van der Waals surface area contributed by atoms with E-state index in [2.05, 4.69) is 20.6 Å². The Morgan fingerprint density at radius 1 is 1.20 bits per heavy atom.